The van der Waals surface area contributed by atoms with Crippen LogP contribution in [0, 0.1) is 6.92 Å². The standard InChI is InChI=1S/C24H27N3O2S/c1-16-9-4-7-14-21(16)27-23(29)19-12-5-6-13-20(19)25-24(27)30-15-22(28)26-17(2)10-8-11-18(26)3/h4-7,9,12-14,17-18H,8,10-11,15H2,1-3H3/t17-,18+. The lowest BCUT2D eigenvalue weighted by Gasteiger charge is -2.39. The van der Waals surface area contributed by atoms with Gasteiger partial charge in [-0.3, -0.25) is 14.2 Å². The smallest absolute Gasteiger partial charge is 0.266 e. The van der Waals surface area contributed by atoms with Crippen molar-refractivity contribution >= 4 is 28.6 Å². The van der Waals surface area contributed by atoms with Gasteiger partial charge in [0.25, 0.3) is 5.56 Å². The number of amides is 1. The van der Waals surface area contributed by atoms with Crippen molar-refractivity contribution in [1.82, 2.24) is 14.5 Å². The number of rotatable bonds is 4. The normalized spacial score (nSPS) is 19.2. The lowest BCUT2D eigenvalue weighted by molar-refractivity contribution is -0.134. The van der Waals surface area contributed by atoms with E-state index in [2.05, 4.69) is 13.8 Å². The van der Waals surface area contributed by atoms with Gasteiger partial charge in [-0.25, -0.2) is 4.98 Å². The van der Waals surface area contributed by atoms with Crippen molar-refractivity contribution < 1.29 is 4.79 Å². The number of hydrogen-bond donors (Lipinski definition) is 0. The number of likely N-dealkylation sites (tertiary alicyclic amines) is 1. The molecule has 1 fully saturated rings. The maximum absolute atomic E-state index is 13.4. The Labute approximate surface area is 181 Å². The number of thioether (sulfide) groups is 1. The second-order valence-corrected chi connectivity index (χ2v) is 9.00. The molecule has 1 aliphatic heterocycles. The molecule has 1 saturated heterocycles. The van der Waals surface area contributed by atoms with Gasteiger partial charge in [0.2, 0.25) is 5.91 Å². The Balaban J connectivity index is 1.73. The van der Waals surface area contributed by atoms with Gasteiger partial charge in [0.05, 0.1) is 22.3 Å². The average molecular weight is 422 g/mol. The molecular formula is C24H27N3O2S. The van der Waals surface area contributed by atoms with Crippen molar-refractivity contribution in [2.75, 3.05) is 5.75 Å². The summed E-state index contributed by atoms with van der Waals surface area (Å²) in [4.78, 5) is 33.2. The number of piperidine rings is 1. The molecule has 1 aromatic heterocycles. The van der Waals surface area contributed by atoms with E-state index in [4.69, 9.17) is 4.98 Å². The summed E-state index contributed by atoms with van der Waals surface area (Å²) in [5, 5.41) is 1.13. The van der Waals surface area contributed by atoms with Crippen LogP contribution in [0.5, 0.6) is 0 Å². The minimum Gasteiger partial charge on any atom is -0.337 e. The number of aryl methyl sites for hydroxylation is 1. The molecule has 156 valence electrons. The summed E-state index contributed by atoms with van der Waals surface area (Å²) in [5.41, 5.74) is 2.34. The van der Waals surface area contributed by atoms with E-state index in [1.165, 1.54) is 11.8 Å². The van der Waals surface area contributed by atoms with Crippen LogP contribution in [0.15, 0.2) is 58.5 Å². The molecule has 0 spiro atoms. The van der Waals surface area contributed by atoms with Crippen molar-refractivity contribution in [3.05, 3.63) is 64.4 Å². The van der Waals surface area contributed by atoms with Crippen LogP contribution in [-0.4, -0.2) is 38.2 Å². The van der Waals surface area contributed by atoms with Crippen LogP contribution in [0.3, 0.4) is 0 Å². The minimum absolute atomic E-state index is 0.107. The van der Waals surface area contributed by atoms with Crippen molar-refractivity contribution in [1.29, 1.82) is 0 Å². The molecule has 2 aromatic carbocycles. The van der Waals surface area contributed by atoms with Gasteiger partial charge in [-0.15, -0.1) is 0 Å². The third-order valence-corrected chi connectivity index (χ3v) is 6.83. The van der Waals surface area contributed by atoms with Gasteiger partial charge in [-0.05, 0) is 63.8 Å². The fraction of sp³-hybridized carbons (Fsp3) is 0.375. The van der Waals surface area contributed by atoms with Crippen LogP contribution in [0.25, 0.3) is 16.6 Å². The maximum atomic E-state index is 13.4. The van der Waals surface area contributed by atoms with Gasteiger partial charge in [-0.2, -0.15) is 0 Å². The van der Waals surface area contributed by atoms with Crippen LogP contribution < -0.4 is 5.56 Å². The second-order valence-electron chi connectivity index (χ2n) is 8.06. The molecule has 3 aromatic rings. The van der Waals surface area contributed by atoms with Crippen molar-refractivity contribution in [2.45, 2.75) is 57.3 Å². The molecule has 4 rings (SSSR count). The van der Waals surface area contributed by atoms with Crippen LogP contribution in [-0.2, 0) is 4.79 Å². The predicted molar refractivity (Wildman–Crippen MR) is 122 cm³/mol. The Morgan fingerprint density at radius 3 is 2.47 bits per heavy atom. The molecule has 0 bridgehead atoms. The molecule has 0 unspecified atom stereocenters. The lowest BCUT2D eigenvalue weighted by atomic mass is 9.98. The summed E-state index contributed by atoms with van der Waals surface area (Å²) in [6.45, 7) is 6.22. The molecule has 0 radical (unpaired) electrons. The van der Waals surface area contributed by atoms with E-state index in [9.17, 15) is 9.59 Å². The summed E-state index contributed by atoms with van der Waals surface area (Å²) >= 11 is 1.35. The SMILES string of the molecule is Cc1ccccc1-n1c(SCC(=O)N2[C@H](C)CCC[C@@H]2C)nc2ccccc2c1=O. The number of aromatic nitrogens is 2. The van der Waals surface area contributed by atoms with Gasteiger partial charge in [0.1, 0.15) is 0 Å². The van der Waals surface area contributed by atoms with E-state index in [-0.39, 0.29) is 29.3 Å². The van der Waals surface area contributed by atoms with Crippen LogP contribution >= 0.6 is 11.8 Å². The Morgan fingerprint density at radius 2 is 1.73 bits per heavy atom. The number of hydrogen-bond acceptors (Lipinski definition) is 4. The topological polar surface area (TPSA) is 55.2 Å². The first-order valence-corrected chi connectivity index (χ1v) is 11.5. The monoisotopic (exact) mass is 421 g/mol. The third-order valence-electron chi connectivity index (χ3n) is 5.91. The second kappa shape index (κ2) is 8.64. The number of nitrogens with zero attached hydrogens (tertiary/aromatic N) is 3. The summed E-state index contributed by atoms with van der Waals surface area (Å²) in [6.07, 6.45) is 3.25. The zero-order valence-electron chi connectivity index (χ0n) is 17.7. The minimum atomic E-state index is -0.107. The molecule has 30 heavy (non-hydrogen) atoms. The summed E-state index contributed by atoms with van der Waals surface area (Å²) in [7, 11) is 0. The Morgan fingerprint density at radius 1 is 1.07 bits per heavy atom. The van der Waals surface area contributed by atoms with Gasteiger partial charge in [0.15, 0.2) is 5.16 Å². The number of carbonyl (C=O) groups is 1. The molecule has 2 atom stereocenters. The van der Waals surface area contributed by atoms with E-state index in [1.54, 1.807) is 10.6 Å². The van der Waals surface area contributed by atoms with E-state index in [0.29, 0.717) is 16.1 Å². The zero-order valence-corrected chi connectivity index (χ0v) is 18.5. The zero-order chi connectivity index (χ0) is 21.3. The van der Waals surface area contributed by atoms with E-state index >= 15 is 0 Å². The first kappa shape index (κ1) is 20.7. The molecule has 1 aliphatic rings. The van der Waals surface area contributed by atoms with Crippen molar-refractivity contribution in [3.63, 3.8) is 0 Å². The highest BCUT2D eigenvalue weighted by atomic mass is 32.2. The fourth-order valence-corrected chi connectivity index (χ4v) is 5.22. The van der Waals surface area contributed by atoms with E-state index in [1.807, 2.05) is 54.3 Å². The van der Waals surface area contributed by atoms with Crippen molar-refractivity contribution in [2.24, 2.45) is 0 Å². The summed E-state index contributed by atoms with van der Waals surface area (Å²) in [5.74, 6) is 0.379. The molecule has 0 aliphatic carbocycles. The van der Waals surface area contributed by atoms with E-state index in [0.717, 1.165) is 30.5 Å². The Bertz CT molecular complexity index is 1130. The molecule has 5 nitrogen and oxygen atoms in total. The van der Waals surface area contributed by atoms with Crippen LogP contribution in [0.2, 0.25) is 0 Å². The Kier molecular flexibility index (Phi) is 5.95. The summed E-state index contributed by atoms with van der Waals surface area (Å²) < 4.78 is 1.65. The molecule has 2 heterocycles. The first-order valence-electron chi connectivity index (χ1n) is 10.5. The number of para-hydroxylation sites is 2. The lowest BCUT2D eigenvalue weighted by Crippen LogP contribution is -2.48. The maximum Gasteiger partial charge on any atom is 0.266 e. The average Bonchev–Trinajstić information content (AvgIpc) is 2.73. The highest BCUT2D eigenvalue weighted by molar-refractivity contribution is 7.99. The van der Waals surface area contributed by atoms with Gasteiger partial charge in [-0.1, -0.05) is 42.1 Å². The number of carbonyl (C=O) groups excluding carboxylic acids is 1. The Hall–Kier alpha value is -2.60. The summed E-state index contributed by atoms with van der Waals surface area (Å²) in [6, 6.07) is 15.7. The van der Waals surface area contributed by atoms with Crippen LogP contribution in [0.4, 0.5) is 0 Å². The fourth-order valence-electron chi connectivity index (χ4n) is 4.35. The molecule has 1 amide bonds. The van der Waals surface area contributed by atoms with Crippen LogP contribution in [0.1, 0.15) is 38.7 Å². The molecular weight excluding hydrogens is 394 g/mol. The molecule has 0 saturated carbocycles. The molecule has 0 N–H and O–H groups in total. The predicted octanol–water partition coefficient (Wildman–Crippen LogP) is 4.58. The quantitative estimate of drug-likeness (QED) is 0.457. The largest absolute Gasteiger partial charge is 0.337 e. The highest BCUT2D eigenvalue weighted by Gasteiger charge is 2.29. The first-order chi connectivity index (χ1) is 14.5. The van der Waals surface area contributed by atoms with Crippen molar-refractivity contribution in [3.8, 4) is 5.69 Å². The number of benzene rings is 2. The van der Waals surface area contributed by atoms with Gasteiger partial charge < -0.3 is 4.90 Å². The van der Waals surface area contributed by atoms with Gasteiger partial charge in [0, 0.05) is 12.1 Å². The highest BCUT2D eigenvalue weighted by Crippen LogP contribution is 2.27. The molecule has 6 heteroatoms. The number of fused-ring (bicyclic) bond motifs is 1. The third kappa shape index (κ3) is 3.88. The van der Waals surface area contributed by atoms with E-state index < -0.39 is 0 Å². The van der Waals surface area contributed by atoms with Gasteiger partial charge >= 0.3 is 0 Å².